The standard InChI is InChI=1S/C28H35F3N4O3/c1-20-15-34(17-22-6-8-24(9-7-22)27(37)38)16-21(2)35(20)26(36)25-5-3-4-23(14-25)18-32-10-12-33(13-11-32)19-28(29,30)31/h3-9,14,20-21H,10-13,15-19H2,1-2H3,(H,37,38)/t20-,21+. The lowest BCUT2D eigenvalue weighted by Crippen LogP contribution is -2.58. The average molecular weight is 533 g/mol. The molecule has 1 amide bonds. The first-order chi connectivity index (χ1) is 18.0. The predicted molar refractivity (Wildman–Crippen MR) is 138 cm³/mol. The van der Waals surface area contributed by atoms with E-state index in [0.29, 0.717) is 57.9 Å². The zero-order valence-electron chi connectivity index (χ0n) is 21.8. The average Bonchev–Trinajstić information content (AvgIpc) is 2.84. The Labute approximate surface area is 221 Å². The van der Waals surface area contributed by atoms with Gasteiger partial charge in [-0.25, -0.2) is 4.79 Å². The SMILES string of the molecule is C[C@@H]1CN(Cc2ccc(C(=O)O)cc2)C[C@H](C)N1C(=O)c1cccc(CN2CCN(CC(F)(F)F)CC2)c1. The number of piperazine rings is 2. The van der Waals surface area contributed by atoms with Crippen molar-refractivity contribution in [2.24, 2.45) is 0 Å². The van der Waals surface area contributed by atoms with Crippen molar-refractivity contribution in [3.05, 3.63) is 70.8 Å². The Kier molecular flexibility index (Phi) is 8.74. The predicted octanol–water partition coefficient (Wildman–Crippen LogP) is 3.80. The molecule has 7 nitrogen and oxygen atoms in total. The number of hydrogen-bond donors (Lipinski definition) is 1. The lowest BCUT2D eigenvalue weighted by molar-refractivity contribution is -0.149. The zero-order chi connectivity index (χ0) is 27.4. The minimum atomic E-state index is -4.18. The van der Waals surface area contributed by atoms with Crippen LogP contribution in [0.1, 0.15) is 45.7 Å². The number of nitrogens with zero attached hydrogens (tertiary/aromatic N) is 4. The fourth-order valence-electron chi connectivity index (χ4n) is 5.54. The topological polar surface area (TPSA) is 67.3 Å². The highest BCUT2D eigenvalue weighted by molar-refractivity contribution is 5.95. The molecule has 0 aromatic heterocycles. The van der Waals surface area contributed by atoms with Crippen molar-refractivity contribution in [2.45, 2.75) is 45.2 Å². The number of aromatic carboxylic acids is 1. The van der Waals surface area contributed by atoms with E-state index in [1.807, 2.05) is 55.1 Å². The van der Waals surface area contributed by atoms with Crippen LogP contribution in [0.3, 0.4) is 0 Å². The molecule has 0 unspecified atom stereocenters. The van der Waals surface area contributed by atoms with Crippen molar-refractivity contribution in [1.29, 1.82) is 0 Å². The van der Waals surface area contributed by atoms with Gasteiger partial charge < -0.3 is 10.0 Å². The Bertz CT molecular complexity index is 1110. The fraction of sp³-hybridized carbons (Fsp3) is 0.500. The lowest BCUT2D eigenvalue weighted by atomic mass is 10.0. The summed E-state index contributed by atoms with van der Waals surface area (Å²) in [5, 5.41) is 9.10. The molecular formula is C28H35F3N4O3. The number of halogens is 3. The van der Waals surface area contributed by atoms with Crippen molar-refractivity contribution in [2.75, 3.05) is 45.8 Å². The molecule has 1 N–H and O–H groups in total. The van der Waals surface area contributed by atoms with Gasteiger partial charge in [0.05, 0.1) is 12.1 Å². The van der Waals surface area contributed by atoms with Crippen molar-refractivity contribution < 1.29 is 27.9 Å². The van der Waals surface area contributed by atoms with E-state index < -0.39 is 18.7 Å². The van der Waals surface area contributed by atoms with E-state index >= 15 is 0 Å². The number of carboxylic acids is 1. The summed E-state index contributed by atoms with van der Waals surface area (Å²) >= 11 is 0. The van der Waals surface area contributed by atoms with E-state index in [9.17, 15) is 22.8 Å². The molecule has 0 aliphatic carbocycles. The van der Waals surface area contributed by atoms with E-state index in [1.165, 1.54) is 4.90 Å². The summed E-state index contributed by atoms with van der Waals surface area (Å²) in [6, 6.07) is 14.4. The summed E-state index contributed by atoms with van der Waals surface area (Å²) in [7, 11) is 0. The number of carboxylic acid groups (broad SMARTS) is 1. The molecule has 38 heavy (non-hydrogen) atoms. The summed E-state index contributed by atoms with van der Waals surface area (Å²) in [6.45, 7) is 7.78. The normalized spacial score (nSPS) is 22.0. The fourth-order valence-corrected chi connectivity index (χ4v) is 5.54. The first-order valence-corrected chi connectivity index (χ1v) is 13.0. The third-order valence-electron chi connectivity index (χ3n) is 7.28. The first kappa shape index (κ1) is 28.1. The molecule has 206 valence electrons. The molecule has 2 atom stereocenters. The number of alkyl halides is 3. The monoisotopic (exact) mass is 532 g/mol. The lowest BCUT2D eigenvalue weighted by Gasteiger charge is -2.44. The van der Waals surface area contributed by atoms with E-state index in [2.05, 4.69) is 9.80 Å². The molecule has 0 radical (unpaired) electrons. The van der Waals surface area contributed by atoms with Crippen molar-refractivity contribution in [3.63, 3.8) is 0 Å². The van der Waals surface area contributed by atoms with Crippen LogP contribution in [0.2, 0.25) is 0 Å². The molecular weight excluding hydrogens is 497 g/mol. The molecule has 2 aromatic carbocycles. The molecule has 4 rings (SSSR count). The quantitative estimate of drug-likeness (QED) is 0.585. The highest BCUT2D eigenvalue weighted by Gasteiger charge is 2.34. The highest BCUT2D eigenvalue weighted by Crippen LogP contribution is 2.22. The number of carbonyl (C=O) groups excluding carboxylic acids is 1. The van der Waals surface area contributed by atoms with Gasteiger partial charge in [0.1, 0.15) is 0 Å². The number of hydrogen-bond acceptors (Lipinski definition) is 5. The van der Waals surface area contributed by atoms with Gasteiger partial charge in [-0.2, -0.15) is 13.2 Å². The minimum absolute atomic E-state index is 0.00471. The van der Waals surface area contributed by atoms with E-state index in [4.69, 9.17) is 5.11 Å². The zero-order valence-corrected chi connectivity index (χ0v) is 21.8. The molecule has 2 saturated heterocycles. The molecule has 2 aromatic rings. The van der Waals surface area contributed by atoms with Gasteiger partial charge in [-0.1, -0.05) is 24.3 Å². The summed E-state index contributed by atoms with van der Waals surface area (Å²) in [4.78, 5) is 32.4. The Hall–Kier alpha value is -2.95. The van der Waals surface area contributed by atoms with Crippen LogP contribution in [0, 0.1) is 0 Å². The molecule has 0 bridgehead atoms. The van der Waals surface area contributed by atoms with Gasteiger partial charge in [0, 0.05) is 70.0 Å². The second kappa shape index (κ2) is 11.8. The maximum absolute atomic E-state index is 13.5. The second-order valence-electron chi connectivity index (χ2n) is 10.5. The smallest absolute Gasteiger partial charge is 0.401 e. The van der Waals surface area contributed by atoms with Crippen LogP contribution in [-0.4, -0.2) is 101 Å². The third kappa shape index (κ3) is 7.33. The van der Waals surface area contributed by atoms with E-state index in [1.54, 1.807) is 12.1 Å². The van der Waals surface area contributed by atoms with E-state index in [-0.39, 0.29) is 23.6 Å². The van der Waals surface area contributed by atoms with Gasteiger partial charge in [-0.05, 0) is 49.2 Å². The van der Waals surface area contributed by atoms with Gasteiger partial charge in [0.25, 0.3) is 5.91 Å². The molecule has 2 heterocycles. The van der Waals surface area contributed by atoms with Crippen molar-refractivity contribution in [3.8, 4) is 0 Å². The molecule has 2 aliphatic rings. The van der Waals surface area contributed by atoms with Gasteiger partial charge >= 0.3 is 12.1 Å². The molecule has 10 heteroatoms. The molecule has 2 fully saturated rings. The Morgan fingerprint density at radius 2 is 1.39 bits per heavy atom. The van der Waals surface area contributed by atoms with Crippen LogP contribution < -0.4 is 0 Å². The first-order valence-electron chi connectivity index (χ1n) is 13.0. The third-order valence-corrected chi connectivity index (χ3v) is 7.28. The van der Waals surface area contributed by atoms with Crippen LogP contribution in [-0.2, 0) is 13.1 Å². The maximum atomic E-state index is 13.5. The Morgan fingerprint density at radius 1 is 0.816 bits per heavy atom. The van der Waals surface area contributed by atoms with Crippen LogP contribution >= 0.6 is 0 Å². The van der Waals surface area contributed by atoms with Gasteiger partial charge in [-0.3, -0.25) is 19.5 Å². The Morgan fingerprint density at radius 3 is 1.97 bits per heavy atom. The largest absolute Gasteiger partial charge is 0.478 e. The van der Waals surface area contributed by atoms with Gasteiger partial charge in [0.2, 0.25) is 0 Å². The molecule has 0 spiro atoms. The molecule has 0 saturated carbocycles. The van der Waals surface area contributed by atoms with Crippen LogP contribution in [0.15, 0.2) is 48.5 Å². The Balaban J connectivity index is 1.33. The summed E-state index contributed by atoms with van der Waals surface area (Å²) < 4.78 is 38.0. The van der Waals surface area contributed by atoms with Crippen LogP contribution in [0.4, 0.5) is 13.2 Å². The van der Waals surface area contributed by atoms with Crippen molar-refractivity contribution >= 4 is 11.9 Å². The number of rotatable bonds is 7. The second-order valence-corrected chi connectivity index (χ2v) is 10.5. The summed E-state index contributed by atoms with van der Waals surface area (Å²) in [5.74, 6) is -0.967. The summed E-state index contributed by atoms with van der Waals surface area (Å²) in [6.07, 6.45) is -4.18. The van der Waals surface area contributed by atoms with Crippen LogP contribution in [0.5, 0.6) is 0 Å². The molecule has 2 aliphatic heterocycles. The maximum Gasteiger partial charge on any atom is 0.401 e. The van der Waals surface area contributed by atoms with Gasteiger partial charge in [-0.15, -0.1) is 0 Å². The summed E-state index contributed by atoms with van der Waals surface area (Å²) in [5.41, 5.74) is 2.89. The number of benzene rings is 2. The number of carbonyl (C=O) groups is 2. The van der Waals surface area contributed by atoms with Gasteiger partial charge in [0.15, 0.2) is 0 Å². The van der Waals surface area contributed by atoms with E-state index in [0.717, 1.165) is 11.1 Å². The van der Waals surface area contributed by atoms with Crippen LogP contribution in [0.25, 0.3) is 0 Å². The van der Waals surface area contributed by atoms with Crippen molar-refractivity contribution in [1.82, 2.24) is 19.6 Å². The highest BCUT2D eigenvalue weighted by atomic mass is 19.4. The minimum Gasteiger partial charge on any atom is -0.478 e. The number of amides is 1.